The third-order valence-corrected chi connectivity index (χ3v) is 2.87. The van der Waals surface area contributed by atoms with Gasteiger partial charge in [0.2, 0.25) is 0 Å². The van der Waals surface area contributed by atoms with Gasteiger partial charge in [-0.1, -0.05) is 6.92 Å². The van der Waals surface area contributed by atoms with Gasteiger partial charge in [-0.05, 0) is 51.7 Å². The average molecular weight is 185 g/mol. The van der Waals surface area contributed by atoms with Gasteiger partial charge in [0, 0.05) is 13.2 Å². The molecule has 1 rings (SSSR count). The Bertz CT molecular complexity index is 121. The molecule has 0 aromatic heterocycles. The maximum absolute atomic E-state index is 5.34. The Morgan fingerprint density at radius 2 is 1.92 bits per heavy atom. The maximum Gasteiger partial charge on any atom is 0.0468 e. The molecule has 0 saturated carbocycles. The molecule has 0 bridgehead atoms. The summed E-state index contributed by atoms with van der Waals surface area (Å²) in [5.41, 5.74) is 0. The first-order valence-electron chi connectivity index (χ1n) is 5.59. The quantitative estimate of drug-likeness (QED) is 0.650. The van der Waals surface area contributed by atoms with Crippen LogP contribution < -0.4 is 0 Å². The molecule has 0 radical (unpaired) electrons. The van der Waals surface area contributed by atoms with Crippen LogP contribution in [0.5, 0.6) is 0 Å². The number of hydrogen-bond donors (Lipinski definition) is 0. The third kappa shape index (κ3) is 4.63. The number of ether oxygens (including phenoxy) is 1. The average Bonchev–Trinajstić information content (AvgIpc) is 2.17. The summed E-state index contributed by atoms with van der Waals surface area (Å²) in [7, 11) is 2.23. The standard InChI is InChI=1S/C11H23NO/c1-3-7-12(2)8-4-11-5-9-13-10-6-11/h11H,3-10H2,1-2H3. The van der Waals surface area contributed by atoms with Crippen molar-refractivity contribution in [3.63, 3.8) is 0 Å². The number of rotatable bonds is 5. The highest BCUT2D eigenvalue weighted by atomic mass is 16.5. The lowest BCUT2D eigenvalue weighted by atomic mass is 9.96. The van der Waals surface area contributed by atoms with Crippen LogP contribution in [-0.2, 0) is 4.74 Å². The summed E-state index contributed by atoms with van der Waals surface area (Å²) in [6, 6.07) is 0. The predicted octanol–water partition coefficient (Wildman–Crippen LogP) is 2.14. The van der Waals surface area contributed by atoms with Crippen LogP contribution in [0.1, 0.15) is 32.6 Å². The molecule has 0 aliphatic carbocycles. The lowest BCUT2D eigenvalue weighted by Gasteiger charge is -2.24. The van der Waals surface area contributed by atoms with E-state index in [1.165, 1.54) is 38.8 Å². The fourth-order valence-electron chi connectivity index (χ4n) is 1.93. The molecule has 0 spiro atoms. The summed E-state index contributed by atoms with van der Waals surface area (Å²) in [4.78, 5) is 2.44. The van der Waals surface area contributed by atoms with E-state index in [4.69, 9.17) is 4.74 Å². The normalized spacial score (nSPS) is 19.6. The van der Waals surface area contributed by atoms with Gasteiger partial charge >= 0.3 is 0 Å². The van der Waals surface area contributed by atoms with Gasteiger partial charge in [-0.3, -0.25) is 0 Å². The van der Waals surface area contributed by atoms with Crippen LogP contribution in [0, 0.1) is 5.92 Å². The summed E-state index contributed by atoms with van der Waals surface area (Å²) in [5.74, 6) is 0.924. The van der Waals surface area contributed by atoms with Gasteiger partial charge in [-0.25, -0.2) is 0 Å². The Labute approximate surface area is 82.3 Å². The maximum atomic E-state index is 5.34. The molecular formula is C11H23NO. The van der Waals surface area contributed by atoms with Crippen molar-refractivity contribution >= 4 is 0 Å². The van der Waals surface area contributed by atoms with Crippen molar-refractivity contribution in [3.8, 4) is 0 Å². The van der Waals surface area contributed by atoms with Crippen molar-refractivity contribution in [2.75, 3.05) is 33.4 Å². The monoisotopic (exact) mass is 185 g/mol. The van der Waals surface area contributed by atoms with Crippen molar-refractivity contribution in [3.05, 3.63) is 0 Å². The molecule has 78 valence electrons. The molecule has 1 aliphatic rings. The molecule has 1 fully saturated rings. The molecule has 2 heteroatoms. The van der Waals surface area contributed by atoms with Crippen LogP contribution >= 0.6 is 0 Å². The molecule has 0 atom stereocenters. The van der Waals surface area contributed by atoms with Crippen LogP contribution in [0.15, 0.2) is 0 Å². The third-order valence-electron chi connectivity index (χ3n) is 2.87. The van der Waals surface area contributed by atoms with Crippen molar-refractivity contribution in [2.45, 2.75) is 32.6 Å². The van der Waals surface area contributed by atoms with Gasteiger partial charge < -0.3 is 9.64 Å². The van der Waals surface area contributed by atoms with E-state index >= 15 is 0 Å². The largest absolute Gasteiger partial charge is 0.381 e. The van der Waals surface area contributed by atoms with E-state index < -0.39 is 0 Å². The first-order chi connectivity index (χ1) is 6.33. The molecular weight excluding hydrogens is 162 g/mol. The summed E-state index contributed by atoms with van der Waals surface area (Å²) >= 11 is 0. The van der Waals surface area contributed by atoms with Crippen molar-refractivity contribution < 1.29 is 4.74 Å². The van der Waals surface area contributed by atoms with Gasteiger partial charge in [0.15, 0.2) is 0 Å². The molecule has 1 aliphatic heterocycles. The summed E-state index contributed by atoms with van der Waals surface area (Å²) in [6.45, 7) is 6.72. The van der Waals surface area contributed by atoms with Crippen LogP contribution in [0.3, 0.4) is 0 Å². The molecule has 0 unspecified atom stereocenters. The van der Waals surface area contributed by atoms with Gasteiger partial charge in [-0.2, -0.15) is 0 Å². The highest BCUT2D eigenvalue weighted by Crippen LogP contribution is 2.18. The first kappa shape index (κ1) is 11.0. The zero-order valence-electron chi connectivity index (χ0n) is 9.09. The highest BCUT2D eigenvalue weighted by Gasteiger charge is 2.13. The Kier molecular flexibility index (Phi) is 5.40. The summed E-state index contributed by atoms with van der Waals surface area (Å²) in [6.07, 6.45) is 5.18. The Morgan fingerprint density at radius 1 is 1.23 bits per heavy atom. The van der Waals surface area contributed by atoms with E-state index in [9.17, 15) is 0 Å². The Hall–Kier alpha value is -0.0800. The molecule has 0 amide bonds. The van der Waals surface area contributed by atoms with Crippen LogP contribution in [0.25, 0.3) is 0 Å². The van der Waals surface area contributed by atoms with Crippen LogP contribution in [0.2, 0.25) is 0 Å². The SMILES string of the molecule is CCCN(C)CCC1CCOCC1. The molecule has 1 heterocycles. The van der Waals surface area contributed by atoms with Gasteiger partial charge in [-0.15, -0.1) is 0 Å². The molecule has 0 aromatic rings. The van der Waals surface area contributed by atoms with Crippen molar-refractivity contribution in [2.24, 2.45) is 5.92 Å². The Balaban J connectivity index is 2.03. The minimum Gasteiger partial charge on any atom is -0.381 e. The van der Waals surface area contributed by atoms with Crippen molar-refractivity contribution in [1.29, 1.82) is 0 Å². The lowest BCUT2D eigenvalue weighted by molar-refractivity contribution is 0.0610. The van der Waals surface area contributed by atoms with E-state index in [2.05, 4.69) is 18.9 Å². The second-order valence-corrected chi connectivity index (χ2v) is 4.15. The topological polar surface area (TPSA) is 12.5 Å². The number of hydrogen-bond acceptors (Lipinski definition) is 2. The van der Waals surface area contributed by atoms with Crippen LogP contribution in [-0.4, -0.2) is 38.3 Å². The minimum absolute atomic E-state index is 0.924. The second-order valence-electron chi connectivity index (χ2n) is 4.15. The molecule has 0 N–H and O–H groups in total. The Morgan fingerprint density at radius 3 is 2.54 bits per heavy atom. The zero-order valence-corrected chi connectivity index (χ0v) is 9.09. The van der Waals surface area contributed by atoms with E-state index in [1.54, 1.807) is 0 Å². The predicted molar refractivity (Wildman–Crippen MR) is 55.9 cm³/mol. The summed E-state index contributed by atoms with van der Waals surface area (Å²) < 4.78 is 5.34. The molecule has 13 heavy (non-hydrogen) atoms. The molecule has 2 nitrogen and oxygen atoms in total. The van der Waals surface area contributed by atoms with Gasteiger partial charge in [0.25, 0.3) is 0 Å². The zero-order chi connectivity index (χ0) is 9.52. The second kappa shape index (κ2) is 6.39. The first-order valence-corrected chi connectivity index (χ1v) is 5.59. The van der Waals surface area contributed by atoms with Gasteiger partial charge in [0.05, 0.1) is 0 Å². The molecule has 0 aromatic carbocycles. The highest BCUT2D eigenvalue weighted by molar-refractivity contribution is 4.65. The van der Waals surface area contributed by atoms with Gasteiger partial charge in [0.1, 0.15) is 0 Å². The van der Waals surface area contributed by atoms with Crippen LogP contribution in [0.4, 0.5) is 0 Å². The fourth-order valence-corrected chi connectivity index (χ4v) is 1.93. The van der Waals surface area contributed by atoms with E-state index in [0.29, 0.717) is 0 Å². The molecule has 1 saturated heterocycles. The fraction of sp³-hybridized carbons (Fsp3) is 1.00. The smallest absolute Gasteiger partial charge is 0.0468 e. The number of nitrogens with zero attached hydrogens (tertiary/aromatic N) is 1. The minimum atomic E-state index is 0.924. The van der Waals surface area contributed by atoms with Crippen molar-refractivity contribution in [1.82, 2.24) is 4.90 Å². The van der Waals surface area contributed by atoms with E-state index in [0.717, 1.165) is 19.1 Å². The summed E-state index contributed by atoms with van der Waals surface area (Å²) in [5, 5.41) is 0. The van der Waals surface area contributed by atoms with E-state index in [-0.39, 0.29) is 0 Å². The van der Waals surface area contributed by atoms with E-state index in [1.807, 2.05) is 0 Å². The lowest BCUT2D eigenvalue weighted by Crippen LogP contribution is -2.25.